The van der Waals surface area contributed by atoms with Gasteiger partial charge in [0.2, 0.25) is 0 Å². The number of piperazine rings is 1. The molecule has 0 saturated carbocycles. The molecule has 3 aromatic rings. The average molecular weight is 520 g/mol. The molecule has 3 N–H and O–H groups in total. The van der Waals surface area contributed by atoms with Crippen LogP contribution >= 0.6 is 11.6 Å². The van der Waals surface area contributed by atoms with Crippen LogP contribution in [0.1, 0.15) is 47.8 Å². The highest BCUT2D eigenvalue weighted by Gasteiger charge is 2.33. The summed E-state index contributed by atoms with van der Waals surface area (Å²) in [5.41, 5.74) is 8.56. The number of hydrogen-bond donors (Lipinski definition) is 2. The van der Waals surface area contributed by atoms with Crippen LogP contribution in [0.4, 0.5) is 17.3 Å². The lowest BCUT2D eigenvalue weighted by Crippen LogP contribution is -2.50. The number of nitriles is 1. The molecule has 0 aliphatic carbocycles. The van der Waals surface area contributed by atoms with Crippen molar-refractivity contribution in [3.05, 3.63) is 46.6 Å². The predicted octanol–water partition coefficient (Wildman–Crippen LogP) is 2.84. The minimum atomic E-state index is -0.242. The number of aromatic nitrogens is 3. The van der Waals surface area contributed by atoms with Crippen LogP contribution < -0.4 is 20.9 Å². The number of nitrogens with one attached hydrogen (secondary N) is 1. The smallest absolute Gasteiger partial charge is 0.256 e. The predicted molar refractivity (Wildman–Crippen MR) is 143 cm³/mol. The summed E-state index contributed by atoms with van der Waals surface area (Å²) in [6.45, 7) is 4.67. The number of nitrogens with two attached hydrogens (primary N) is 1. The van der Waals surface area contributed by atoms with Crippen LogP contribution in [0.15, 0.2) is 30.3 Å². The van der Waals surface area contributed by atoms with Gasteiger partial charge in [-0.2, -0.15) is 14.9 Å². The maximum Gasteiger partial charge on any atom is 0.256 e. The second kappa shape index (κ2) is 9.72. The number of carbonyl (C=O) groups is 1. The molecule has 3 aliphatic heterocycles. The zero-order valence-corrected chi connectivity index (χ0v) is 21.4. The Morgan fingerprint density at radius 1 is 1.11 bits per heavy atom. The molecule has 11 heteroatoms. The number of rotatable bonds is 4. The molecule has 0 bridgehead atoms. The van der Waals surface area contributed by atoms with E-state index in [0.717, 1.165) is 74.8 Å². The number of carbonyl (C=O) groups excluding carboxylic acids is 1. The summed E-state index contributed by atoms with van der Waals surface area (Å²) in [5, 5.41) is 18.3. The van der Waals surface area contributed by atoms with Crippen molar-refractivity contribution >= 4 is 40.5 Å². The molecule has 1 aromatic carbocycles. The van der Waals surface area contributed by atoms with E-state index in [9.17, 15) is 10.1 Å². The van der Waals surface area contributed by atoms with E-state index in [-0.39, 0.29) is 18.0 Å². The number of nitrogens with zero attached hydrogens (tertiary/aromatic N) is 7. The number of benzene rings is 1. The van der Waals surface area contributed by atoms with Gasteiger partial charge >= 0.3 is 0 Å². The van der Waals surface area contributed by atoms with Gasteiger partial charge in [0.15, 0.2) is 5.65 Å². The molecular formula is C26H30ClN9O. The molecular weight excluding hydrogens is 490 g/mol. The van der Waals surface area contributed by atoms with E-state index in [1.54, 1.807) is 18.2 Å². The molecule has 3 aliphatic rings. The standard InChI is InChI=1S/C26H30ClN9O/c27-17-5-6-20(29)19(12-17)26(37)35-10-2-1-4-22(35)21-13-24-31-23(33-8-3-9-33)14-25(36(24)32-21)34-11-7-30-18(15-28)16-34/h5-6,12-14,18,22,30H,1-4,7-11,16,29H2/t18?,22-/m0/s1. The van der Waals surface area contributed by atoms with Gasteiger partial charge < -0.3 is 20.4 Å². The van der Waals surface area contributed by atoms with Gasteiger partial charge in [-0.1, -0.05) is 11.6 Å². The van der Waals surface area contributed by atoms with E-state index < -0.39 is 0 Å². The number of piperidine rings is 1. The van der Waals surface area contributed by atoms with E-state index in [1.807, 2.05) is 15.5 Å². The van der Waals surface area contributed by atoms with Crippen molar-refractivity contribution in [2.75, 3.05) is 54.8 Å². The van der Waals surface area contributed by atoms with Crippen molar-refractivity contribution in [1.29, 1.82) is 5.26 Å². The van der Waals surface area contributed by atoms with E-state index >= 15 is 0 Å². The molecule has 10 nitrogen and oxygen atoms in total. The Morgan fingerprint density at radius 2 is 1.97 bits per heavy atom. The molecule has 1 unspecified atom stereocenters. The third-order valence-electron chi connectivity index (χ3n) is 7.60. The normalized spacial score (nSPS) is 22.1. The number of halogens is 1. The van der Waals surface area contributed by atoms with Gasteiger partial charge in [0.05, 0.1) is 23.4 Å². The summed E-state index contributed by atoms with van der Waals surface area (Å²) in [6.07, 6.45) is 3.90. The first-order valence-corrected chi connectivity index (χ1v) is 13.3. The van der Waals surface area contributed by atoms with Crippen molar-refractivity contribution in [3.8, 4) is 6.07 Å². The van der Waals surface area contributed by atoms with Crippen LogP contribution in [-0.4, -0.2) is 70.7 Å². The number of hydrogen-bond acceptors (Lipinski definition) is 8. The van der Waals surface area contributed by atoms with Crippen LogP contribution in [0, 0.1) is 11.3 Å². The van der Waals surface area contributed by atoms with Crippen LogP contribution in [0.2, 0.25) is 5.02 Å². The quantitative estimate of drug-likeness (QED) is 0.505. The molecule has 5 heterocycles. The summed E-state index contributed by atoms with van der Waals surface area (Å²) in [7, 11) is 0. The molecule has 2 atom stereocenters. The number of anilines is 3. The van der Waals surface area contributed by atoms with E-state index in [4.69, 9.17) is 27.4 Å². The van der Waals surface area contributed by atoms with E-state index in [2.05, 4.69) is 27.3 Å². The Morgan fingerprint density at radius 3 is 2.76 bits per heavy atom. The second-order valence-electron chi connectivity index (χ2n) is 9.98. The van der Waals surface area contributed by atoms with Crippen molar-refractivity contribution in [2.24, 2.45) is 0 Å². The Hall–Kier alpha value is -3.55. The Balaban J connectivity index is 1.40. The topological polar surface area (TPSA) is 119 Å². The van der Waals surface area contributed by atoms with Gasteiger partial charge in [-0.25, -0.2) is 4.98 Å². The molecule has 6 rings (SSSR count). The van der Waals surface area contributed by atoms with Gasteiger partial charge in [0, 0.05) is 62.1 Å². The SMILES string of the molecule is N#CC1CN(c2cc(N3CCC3)nc3cc([C@@H]4CCCCN4C(=O)c4cc(Cl)ccc4N)nn23)CCN1. The lowest BCUT2D eigenvalue weighted by molar-refractivity contribution is 0.0607. The number of nitrogen functional groups attached to an aromatic ring is 1. The lowest BCUT2D eigenvalue weighted by Gasteiger charge is -2.35. The fraction of sp³-hybridized carbons (Fsp3) is 0.462. The van der Waals surface area contributed by atoms with Crippen molar-refractivity contribution in [3.63, 3.8) is 0 Å². The molecule has 1 amide bonds. The van der Waals surface area contributed by atoms with Crippen LogP contribution in [0.5, 0.6) is 0 Å². The van der Waals surface area contributed by atoms with Gasteiger partial charge in [-0.15, -0.1) is 0 Å². The molecule has 0 spiro atoms. The summed E-state index contributed by atoms with van der Waals surface area (Å²) in [6, 6.07) is 11.0. The highest BCUT2D eigenvalue weighted by molar-refractivity contribution is 6.31. The highest BCUT2D eigenvalue weighted by Crippen LogP contribution is 2.35. The summed E-state index contributed by atoms with van der Waals surface area (Å²) in [5.74, 6) is 1.72. The Kier molecular flexibility index (Phi) is 6.26. The minimum Gasteiger partial charge on any atom is -0.398 e. The maximum absolute atomic E-state index is 13.6. The first-order chi connectivity index (χ1) is 18.0. The van der Waals surface area contributed by atoms with Crippen LogP contribution in [0.25, 0.3) is 5.65 Å². The molecule has 37 heavy (non-hydrogen) atoms. The van der Waals surface area contributed by atoms with Crippen molar-refractivity contribution in [2.45, 2.75) is 37.8 Å². The summed E-state index contributed by atoms with van der Waals surface area (Å²) in [4.78, 5) is 24.9. The van der Waals surface area contributed by atoms with Crippen LogP contribution in [-0.2, 0) is 0 Å². The van der Waals surface area contributed by atoms with Gasteiger partial charge in [-0.05, 0) is 43.9 Å². The Bertz CT molecular complexity index is 1380. The van der Waals surface area contributed by atoms with E-state index in [0.29, 0.717) is 29.4 Å². The first-order valence-electron chi connectivity index (χ1n) is 12.9. The molecule has 3 fully saturated rings. The van der Waals surface area contributed by atoms with Gasteiger partial charge in [0.25, 0.3) is 5.91 Å². The lowest BCUT2D eigenvalue weighted by atomic mass is 9.98. The first kappa shape index (κ1) is 23.8. The van der Waals surface area contributed by atoms with Crippen molar-refractivity contribution < 1.29 is 4.79 Å². The molecule has 0 radical (unpaired) electrons. The Labute approximate surface area is 220 Å². The monoisotopic (exact) mass is 519 g/mol. The van der Waals surface area contributed by atoms with Crippen molar-refractivity contribution in [1.82, 2.24) is 24.8 Å². The number of amides is 1. The zero-order chi connectivity index (χ0) is 25.5. The average Bonchev–Trinajstić information content (AvgIpc) is 3.32. The summed E-state index contributed by atoms with van der Waals surface area (Å²) < 4.78 is 1.88. The maximum atomic E-state index is 13.6. The second-order valence-corrected chi connectivity index (χ2v) is 10.4. The largest absolute Gasteiger partial charge is 0.398 e. The fourth-order valence-corrected chi connectivity index (χ4v) is 5.63. The third-order valence-corrected chi connectivity index (χ3v) is 7.83. The van der Waals surface area contributed by atoms with Gasteiger partial charge in [0.1, 0.15) is 17.7 Å². The van der Waals surface area contributed by atoms with E-state index in [1.165, 1.54) is 0 Å². The van der Waals surface area contributed by atoms with Gasteiger partial charge in [-0.3, -0.25) is 10.1 Å². The fourth-order valence-electron chi connectivity index (χ4n) is 5.45. The molecule has 2 aromatic heterocycles. The third kappa shape index (κ3) is 4.43. The highest BCUT2D eigenvalue weighted by atomic mass is 35.5. The molecule has 3 saturated heterocycles. The van der Waals surface area contributed by atoms with Crippen LogP contribution in [0.3, 0.4) is 0 Å². The molecule has 192 valence electrons. The number of likely N-dealkylation sites (tertiary alicyclic amines) is 1. The minimum absolute atomic E-state index is 0.129. The summed E-state index contributed by atoms with van der Waals surface area (Å²) >= 11 is 6.19. The zero-order valence-electron chi connectivity index (χ0n) is 20.6. The number of fused-ring (bicyclic) bond motifs is 1.